The van der Waals surface area contributed by atoms with Crippen molar-refractivity contribution in [3.8, 4) is 0 Å². The molecule has 3 aromatic rings. The first kappa shape index (κ1) is 19.8. The van der Waals surface area contributed by atoms with Crippen LogP contribution in [0, 0.1) is 6.92 Å². The number of carboxylic acid groups (broad SMARTS) is 1. The van der Waals surface area contributed by atoms with Crippen molar-refractivity contribution in [2.24, 2.45) is 0 Å². The number of aryl methyl sites for hydroxylation is 1. The molecule has 0 amide bonds. The van der Waals surface area contributed by atoms with E-state index in [2.05, 4.69) is 4.90 Å². The fourth-order valence-electron chi connectivity index (χ4n) is 3.56. The van der Waals surface area contributed by atoms with Gasteiger partial charge in [0, 0.05) is 47.8 Å². The summed E-state index contributed by atoms with van der Waals surface area (Å²) in [5, 5.41) is 12.2. The van der Waals surface area contributed by atoms with Crippen molar-refractivity contribution < 1.29 is 22.7 Å². The molecule has 0 unspecified atom stereocenters. The van der Waals surface area contributed by atoms with Crippen LogP contribution < -0.4 is 10.0 Å². The van der Waals surface area contributed by atoms with Crippen molar-refractivity contribution in [1.82, 2.24) is 4.31 Å². The summed E-state index contributed by atoms with van der Waals surface area (Å²) >= 11 is 6.05. The van der Waals surface area contributed by atoms with Crippen LogP contribution in [-0.2, 0) is 10.0 Å². The predicted octanol–water partition coefficient (Wildman–Crippen LogP) is 2.27. The van der Waals surface area contributed by atoms with Crippen molar-refractivity contribution in [3.63, 3.8) is 0 Å². The van der Waals surface area contributed by atoms with Gasteiger partial charge in [-0.15, -0.1) is 0 Å². The lowest BCUT2D eigenvalue weighted by Crippen LogP contribution is -2.48. The molecule has 0 aliphatic carbocycles. The van der Waals surface area contributed by atoms with Gasteiger partial charge in [0.05, 0.1) is 4.90 Å². The summed E-state index contributed by atoms with van der Waals surface area (Å²) in [6.45, 7) is 3.32. The molecule has 7 nitrogen and oxygen atoms in total. The highest BCUT2D eigenvalue weighted by Gasteiger charge is 2.29. The van der Waals surface area contributed by atoms with Crippen molar-refractivity contribution in [2.75, 3.05) is 31.1 Å². The summed E-state index contributed by atoms with van der Waals surface area (Å²) in [6.07, 6.45) is 0. The highest BCUT2D eigenvalue weighted by atomic mass is 35.5. The summed E-state index contributed by atoms with van der Waals surface area (Å²) in [5.74, 6) is -1.72. The molecule has 29 heavy (non-hydrogen) atoms. The summed E-state index contributed by atoms with van der Waals surface area (Å²) in [6, 6.07) is 11.8. The van der Waals surface area contributed by atoms with E-state index in [1.54, 1.807) is 13.0 Å². The molecule has 1 aliphatic rings. The van der Waals surface area contributed by atoms with E-state index in [4.69, 9.17) is 16.0 Å². The Morgan fingerprint density at radius 3 is 2.48 bits per heavy atom. The van der Waals surface area contributed by atoms with Crippen LogP contribution in [0.1, 0.15) is 16.1 Å². The number of benzene rings is 2. The zero-order valence-corrected chi connectivity index (χ0v) is 17.2. The number of hydrogen-bond acceptors (Lipinski definition) is 6. The molecule has 9 heteroatoms. The van der Waals surface area contributed by atoms with Gasteiger partial charge >= 0.3 is 0 Å². The van der Waals surface area contributed by atoms with Gasteiger partial charge in [0.15, 0.2) is 5.76 Å². The van der Waals surface area contributed by atoms with Crippen LogP contribution in [-0.4, -0.2) is 44.9 Å². The van der Waals surface area contributed by atoms with E-state index < -0.39 is 16.0 Å². The van der Waals surface area contributed by atoms with E-state index in [9.17, 15) is 18.3 Å². The third-order valence-corrected chi connectivity index (χ3v) is 7.27. The number of nitrogens with zero attached hydrogens (tertiary/aromatic N) is 2. The Morgan fingerprint density at radius 1 is 1.10 bits per heavy atom. The highest BCUT2D eigenvalue weighted by Crippen LogP contribution is 2.29. The molecule has 0 saturated carbocycles. The topological polar surface area (TPSA) is 93.9 Å². The quantitative estimate of drug-likeness (QED) is 0.626. The molecule has 2 aromatic carbocycles. The maximum atomic E-state index is 13.1. The first-order valence-electron chi connectivity index (χ1n) is 9.02. The van der Waals surface area contributed by atoms with E-state index in [1.165, 1.54) is 22.5 Å². The van der Waals surface area contributed by atoms with E-state index in [0.29, 0.717) is 47.7 Å². The number of sulfonamides is 1. The maximum absolute atomic E-state index is 13.1. The van der Waals surface area contributed by atoms with Crippen LogP contribution in [0.15, 0.2) is 51.8 Å². The molecule has 152 valence electrons. The Bertz CT molecular complexity index is 1200. The summed E-state index contributed by atoms with van der Waals surface area (Å²) < 4.78 is 32.9. The molecule has 4 rings (SSSR count). The number of carboxylic acids is 1. The van der Waals surface area contributed by atoms with E-state index in [0.717, 1.165) is 5.69 Å². The van der Waals surface area contributed by atoms with Crippen molar-refractivity contribution in [2.45, 2.75) is 11.8 Å². The van der Waals surface area contributed by atoms with E-state index in [-0.39, 0.29) is 10.7 Å². The summed E-state index contributed by atoms with van der Waals surface area (Å²) in [7, 11) is -3.72. The molecular formula is C20H18ClN2O5S-. The largest absolute Gasteiger partial charge is 0.542 e. The SMILES string of the molecule is Cc1c(C(=O)[O-])oc2ccc(S(=O)(=O)N3CCN(c4cccc(Cl)c4)CC3)cc12. The number of carbonyl (C=O) groups excluding carboxylic acids is 1. The van der Waals surface area contributed by atoms with Gasteiger partial charge in [0.25, 0.3) is 0 Å². The fourth-order valence-corrected chi connectivity index (χ4v) is 5.20. The zero-order chi connectivity index (χ0) is 20.8. The van der Waals surface area contributed by atoms with Crippen LogP contribution in [0.4, 0.5) is 5.69 Å². The Balaban J connectivity index is 1.57. The number of fused-ring (bicyclic) bond motifs is 1. The lowest BCUT2D eigenvalue weighted by Gasteiger charge is -2.35. The number of furan rings is 1. The predicted molar refractivity (Wildman–Crippen MR) is 108 cm³/mol. The number of rotatable bonds is 4. The second-order valence-electron chi connectivity index (χ2n) is 6.87. The Labute approximate surface area is 173 Å². The van der Waals surface area contributed by atoms with Gasteiger partial charge in [0.1, 0.15) is 11.6 Å². The molecule has 0 N–H and O–H groups in total. The third kappa shape index (κ3) is 3.59. The number of hydrogen-bond donors (Lipinski definition) is 0. The number of anilines is 1. The first-order valence-corrected chi connectivity index (χ1v) is 10.8. The monoisotopic (exact) mass is 433 g/mol. The highest BCUT2D eigenvalue weighted by molar-refractivity contribution is 7.89. The normalized spacial score (nSPS) is 15.7. The van der Waals surface area contributed by atoms with E-state index >= 15 is 0 Å². The van der Waals surface area contributed by atoms with Gasteiger partial charge in [-0.1, -0.05) is 17.7 Å². The smallest absolute Gasteiger partial charge is 0.243 e. The summed E-state index contributed by atoms with van der Waals surface area (Å²) in [5.41, 5.74) is 1.62. The van der Waals surface area contributed by atoms with Crippen LogP contribution in [0.2, 0.25) is 5.02 Å². The molecule has 2 heterocycles. The molecular weight excluding hydrogens is 416 g/mol. The van der Waals surface area contributed by atoms with Gasteiger partial charge in [-0.05, 0) is 43.3 Å². The van der Waals surface area contributed by atoms with E-state index in [1.807, 2.05) is 18.2 Å². The minimum atomic E-state index is -3.72. The number of aromatic carboxylic acids is 1. The fraction of sp³-hybridized carbons (Fsp3) is 0.250. The third-order valence-electron chi connectivity index (χ3n) is 5.14. The van der Waals surface area contributed by atoms with Gasteiger partial charge in [-0.3, -0.25) is 0 Å². The minimum absolute atomic E-state index is 0.106. The minimum Gasteiger partial charge on any atom is -0.542 e. The Hall–Kier alpha value is -2.55. The van der Waals surface area contributed by atoms with Crippen molar-refractivity contribution >= 4 is 44.3 Å². The number of carbonyl (C=O) groups is 1. The van der Waals surface area contributed by atoms with Crippen molar-refractivity contribution in [3.05, 3.63) is 58.8 Å². The second kappa shape index (κ2) is 7.37. The molecule has 1 aromatic heterocycles. The molecule has 1 aliphatic heterocycles. The number of halogens is 1. The standard InChI is InChI=1S/C20H19ClN2O5S/c1-13-17-12-16(5-6-18(17)28-19(13)20(24)25)29(26,27)23-9-7-22(8-10-23)15-4-2-3-14(21)11-15/h2-6,11-12H,7-10H2,1H3,(H,24,25)/p-1. The van der Waals surface area contributed by atoms with Gasteiger partial charge in [-0.2, -0.15) is 4.31 Å². The van der Waals surface area contributed by atoms with Gasteiger partial charge in [0.2, 0.25) is 10.0 Å². The second-order valence-corrected chi connectivity index (χ2v) is 9.25. The first-order chi connectivity index (χ1) is 13.8. The van der Waals surface area contributed by atoms with Gasteiger partial charge in [-0.25, -0.2) is 8.42 Å². The average Bonchev–Trinajstić information content (AvgIpc) is 3.04. The van der Waals surface area contributed by atoms with Gasteiger partial charge < -0.3 is 19.2 Å². The van der Waals surface area contributed by atoms with Crippen molar-refractivity contribution in [1.29, 1.82) is 0 Å². The average molecular weight is 434 g/mol. The lowest BCUT2D eigenvalue weighted by atomic mass is 10.1. The van der Waals surface area contributed by atoms with Crippen LogP contribution >= 0.6 is 11.6 Å². The molecule has 0 atom stereocenters. The van der Waals surface area contributed by atoms with Crippen LogP contribution in [0.25, 0.3) is 11.0 Å². The maximum Gasteiger partial charge on any atom is 0.243 e. The molecule has 0 bridgehead atoms. The molecule has 0 spiro atoms. The molecule has 1 fully saturated rings. The Morgan fingerprint density at radius 2 is 1.83 bits per heavy atom. The van der Waals surface area contributed by atoms with Crippen LogP contribution in [0.3, 0.4) is 0 Å². The summed E-state index contributed by atoms with van der Waals surface area (Å²) in [4.78, 5) is 13.3. The lowest BCUT2D eigenvalue weighted by molar-refractivity contribution is -0.257. The Kier molecular flexibility index (Phi) is 5.02. The van der Waals surface area contributed by atoms with Crippen LogP contribution in [0.5, 0.6) is 0 Å². The number of piperazine rings is 1. The zero-order valence-electron chi connectivity index (χ0n) is 15.6. The molecule has 0 radical (unpaired) electrons. The molecule has 1 saturated heterocycles.